The van der Waals surface area contributed by atoms with Crippen LogP contribution in [0.3, 0.4) is 0 Å². The topological polar surface area (TPSA) is 32.3 Å². The van der Waals surface area contributed by atoms with E-state index in [0.717, 1.165) is 19.0 Å². The molecule has 1 heterocycles. The Morgan fingerprint density at radius 2 is 1.72 bits per heavy atom. The summed E-state index contributed by atoms with van der Waals surface area (Å²) in [5.41, 5.74) is 0. The molecular formula is C15H28N2O. The number of nitrogens with zero attached hydrogens (tertiary/aromatic N) is 1. The lowest BCUT2D eigenvalue weighted by Crippen LogP contribution is -2.43. The largest absolute Gasteiger partial charge is 0.342 e. The van der Waals surface area contributed by atoms with Crippen LogP contribution in [0, 0.1) is 5.92 Å². The summed E-state index contributed by atoms with van der Waals surface area (Å²) >= 11 is 0. The second kappa shape index (κ2) is 7.13. The maximum Gasteiger partial charge on any atom is 0.236 e. The zero-order valence-electron chi connectivity index (χ0n) is 11.8. The minimum atomic E-state index is 0.307. The molecule has 0 aromatic carbocycles. The van der Waals surface area contributed by atoms with Crippen LogP contribution in [0.1, 0.15) is 58.3 Å². The Balaban J connectivity index is 1.69. The van der Waals surface area contributed by atoms with E-state index < -0.39 is 0 Å². The summed E-state index contributed by atoms with van der Waals surface area (Å²) in [5, 5.41) is 3.45. The molecule has 0 aromatic rings. The third-order valence-corrected chi connectivity index (χ3v) is 4.64. The Hall–Kier alpha value is -0.570. The summed E-state index contributed by atoms with van der Waals surface area (Å²) in [6.45, 7) is 4.72. The van der Waals surface area contributed by atoms with Crippen molar-refractivity contribution in [2.75, 3.05) is 19.6 Å². The summed E-state index contributed by atoms with van der Waals surface area (Å²) in [4.78, 5) is 14.2. The number of likely N-dealkylation sites (tertiary alicyclic amines) is 1. The molecule has 0 radical (unpaired) electrons. The first kappa shape index (κ1) is 13.9. The first-order chi connectivity index (χ1) is 8.77. The Kier molecular flexibility index (Phi) is 5.48. The predicted octanol–water partition coefficient (Wildman–Crippen LogP) is 2.56. The lowest BCUT2D eigenvalue weighted by atomic mass is 10.00. The molecule has 1 aliphatic heterocycles. The van der Waals surface area contributed by atoms with Gasteiger partial charge in [0.2, 0.25) is 5.91 Å². The smallest absolute Gasteiger partial charge is 0.236 e. The fraction of sp³-hybridized carbons (Fsp3) is 0.933. The summed E-state index contributed by atoms with van der Waals surface area (Å²) in [6.07, 6.45) is 10.4. The van der Waals surface area contributed by atoms with E-state index in [1.807, 2.05) is 0 Å². The number of carbonyl (C=O) groups excluding carboxylic acids is 1. The first-order valence-corrected chi connectivity index (χ1v) is 7.78. The molecule has 1 saturated carbocycles. The fourth-order valence-electron chi connectivity index (χ4n) is 3.30. The molecule has 3 heteroatoms. The normalized spacial score (nSPS) is 23.9. The Labute approximate surface area is 111 Å². The molecule has 2 rings (SSSR count). The van der Waals surface area contributed by atoms with Crippen LogP contribution in [0.5, 0.6) is 0 Å². The third-order valence-electron chi connectivity index (χ3n) is 4.64. The highest BCUT2D eigenvalue weighted by atomic mass is 16.2. The van der Waals surface area contributed by atoms with Crippen molar-refractivity contribution in [1.82, 2.24) is 10.2 Å². The van der Waals surface area contributed by atoms with E-state index in [0.29, 0.717) is 18.5 Å². The Morgan fingerprint density at radius 3 is 2.33 bits per heavy atom. The van der Waals surface area contributed by atoms with Gasteiger partial charge >= 0.3 is 0 Å². The first-order valence-electron chi connectivity index (χ1n) is 7.78. The van der Waals surface area contributed by atoms with E-state index in [1.165, 1.54) is 51.4 Å². The van der Waals surface area contributed by atoms with Crippen LogP contribution in [0.25, 0.3) is 0 Å². The van der Waals surface area contributed by atoms with Crippen LogP contribution in [-0.2, 0) is 4.79 Å². The molecular weight excluding hydrogens is 224 g/mol. The van der Waals surface area contributed by atoms with Crippen LogP contribution in [0.2, 0.25) is 0 Å². The second-order valence-electron chi connectivity index (χ2n) is 6.01. The number of hydrogen-bond donors (Lipinski definition) is 1. The van der Waals surface area contributed by atoms with Gasteiger partial charge in [0.25, 0.3) is 0 Å². The van der Waals surface area contributed by atoms with Crippen LogP contribution in [0.15, 0.2) is 0 Å². The highest BCUT2D eigenvalue weighted by Gasteiger charge is 2.22. The van der Waals surface area contributed by atoms with Crippen molar-refractivity contribution in [3.63, 3.8) is 0 Å². The van der Waals surface area contributed by atoms with Crippen molar-refractivity contribution in [2.45, 2.75) is 64.3 Å². The molecule has 0 bridgehead atoms. The van der Waals surface area contributed by atoms with Gasteiger partial charge in [0.1, 0.15) is 0 Å². The zero-order valence-corrected chi connectivity index (χ0v) is 11.8. The molecule has 0 spiro atoms. The molecule has 1 amide bonds. The minimum absolute atomic E-state index is 0.307. The maximum absolute atomic E-state index is 12.1. The van der Waals surface area contributed by atoms with Crippen molar-refractivity contribution in [2.24, 2.45) is 5.92 Å². The molecule has 3 nitrogen and oxygen atoms in total. The Morgan fingerprint density at radius 1 is 1.11 bits per heavy atom. The maximum atomic E-state index is 12.1. The third kappa shape index (κ3) is 3.98. The summed E-state index contributed by atoms with van der Waals surface area (Å²) in [6, 6.07) is 0.503. The lowest BCUT2D eigenvalue weighted by Gasteiger charge is -2.24. The van der Waals surface area contributed by atoms with E-state index in [1.54, 1.807) is 0 Å². The molecule has 1 saturated heterocycles. The average Bonchev–Trinajstić information content (AvgIpc) is 2.78. The highest BCUT2D eigenvalue weighted by molar-refractivity contribution is 5.78. The second-order valence-corrected chi connectivity index (χ2v) is 6.01. The van der Waals surface area contributed by atoms with Crippen molar-refractivity contribution >= 4 is 5.91 Å². The molecule has 0 aromatic heterocycles. The van der Waals surface area contributed by atoms with E-state index >= 15 is 0 Å². The highest BCUT2D eigenvalue weighted by Crippen LogP contribution is 2.27. The van der Waals surface area contributed by atoms with Gasteiger partial charge in [0, 0.05) is 19.1 Å². The van der Waals surface area contributed by atoms with Crippen LogP contribution >= 0.6 is 0 Å². The lowest BCUT2D eigenvalue weighted by molar-refractivity contribution is -0.130. The average molecular weight is 252 g/mol. The Bertz CT molecular complexity index is 253. The number of rotatable bonds is 4. The molecule has 104 valence electrons. The zero-order chi connectivity index (χ0) is 12.8. The van der Waals surface area contributed by atoms with E-state index in [2.05, 4.69) is 17.1 Å². The standard InChI is InChI=1S/C15H28N2O/c1-13(14-8-4-5-9-14)16-12-15(18)17-10-6-2-3-7-11-17/h13-14,16H,2-12H2,1H3/t13-/m0/s1. The molecule has 1 aliphatic carbocycles. The van der Waals surface area contributed by atoms with E-state index in [4.69, 9.17) is 0 Å². The summed E-state index contributed by atoms with van der Waals surface area (Å²) < 4.78 is 0. The molecule has 18 heavy (non-hydrogen) atoms. The molecule has 0 unspecified atom stereocenters. The van der Waals surface area contributed by atoms with Gasteiger partial charge in [-0.3, -0.25) is 4.79 Å². The van der Waals surface area contributed by atoms with E-state index in [-0.39, 0.29) is 0 Å². The van der Waals surface area contributed by atoms with Gasteiger partial charge in [0.15, 0.2) is 0 Å². The van der Waals surface area contributed by atoms with Gasteiger partial charge in [0.05, 0.1) is 6.54 Å². The summed E-state index contributed by atoms with van der Waals surface area (Å²) in [7, 11) is 0. The van der Waals surface area contributed by atoms with Crippen molar-refractivity contribution in [3.05, 3.63) is 0 Å². The van der Waals surface area contributed by atoms with E-state index in [9.17, 15) is 4.79 Å². The molecule has 2 fully saturated rings. The number of amides is 1. The van der Waals surface area contributed by atoms with Gasteiger partial charge < -0.3 is 10.2 Å². The quantitative estimate of drug-likeness (QED) is 0.834. The van der Waals surface area contributed by atoms with Gasteiger partial charge in [-0.15, -0.1) is 0 Å². The number of nitrogens with one attached hydrogen (secondary N) is 1. The van der Waals surface area contributed by atoms with Gasteiger partial charge in [-0.1, -0.05) is 25.7 Å². The van der Waals surface area contributed by atoms with Gasteiger partial charge in [-0.25, -0.2) is 0 Å². The van der Waals surface area contributed by atoms with Crippen LogP contribution in [0.4, 0.5) is 0 Å². The SMILES string of the molecule is C[C@H](NCC(=O)N1CCCCCC1)C1CCCC1. The van der Waals surface area contributed by atoms with Crippen molar-refractivity contribution < 1.29 is 4.79 Å². The van der Waals surface area contributed by atoms with Crippen molar-refractivity contribution in [1.29, 1.82) is 0 Å². The van der Waals surface area contributed by atoms with Gasteiger partial charge in [-0.05, 0) is 38.5 Å². The number of hydrogen-bond acceptors (Lipinski definition) is 2. The molecule has 1 atom stereocenters. The molecule has 1 N–H and O–H groups in total. The predicted molar refractivity (Wildman–Crippen MR) is 74.5 cm³/mol. The monoisotopic (exact) mass is 252 g/mol. The van der Waals surface area contributed by atoms with Crippen molar-refractivity contribution in [3.8, 4) is 0 Å². The summed E-state index contributed by atoms with van der Waals surface area (Å²) in [5.74, 6) is 1.10. The minimum Gasteiger partial charge on any atom is -0.342 e. The molecule has 2 aliphatic rings. The van der Waals surface area contributed by atoms with Gasteiger partial charge in [-0.2, -0.15) is 0 Å². The fourth-order valence-corrected chi connectivity index (χ4v) is 3.30. The number of carbonyl (C=O) groups is 1. The van der Waals surface area contributed by atoms with Crippen LogP contribution < -0.4 is 5.32 Å². The van der Waals surface area contributed by atoms with Crippen LogP contribution in [-0.4, -0.2) is 36.5 Å².